The van der Waals surface area contributed by atoms with Gasteiger partial charge in [0.1, 0.15) is 0 Å². The molecule has 0 aliphatic carbocycles. The molecule has 0 unspecified atom stereocenters. The van der Waals surface area contributed by atoms with Crippen molar-refractivity contribution in [1.29, 1.82) is 5.26 Å². The third-order valence-corrected chi connectivity index (χ3v) is 3.76. The summed E-state index contributed by atoms with van der Waals surface area (Å²) in [4.78, 5) is 9.52. The molecular formula is C11H9BrN4S. The van der Waals surface area contributed by atoms with Crippen LogP contribution < -0.4 is 5.32 Å². The minimum absolute atomic E-state index is 0.447. The van der Waals surface area contributed by atoms with E-state index in [1.807, 2.05) is 11.4 Å². The molecule has 0 spiro atoms. The lowest BCUT2D eigenvalue weighted by Gasteiger charge is -2.02. The monoisotopic (exact) mass is 308 g/mol. The molecule has 0 bridgehead atoms. The predicted molar refractivity (Wildman–Crippen MR) is 71.8 cm³/mol. The summed E-state index contributed by atoms with van der Waals surface area (Å²) in [5, 5.41) is 13.4. The molecule has 0 radical (unpaired) electrons. The van der Waals surface area contributed by atoms with Gasteiger partial charge in [-0.15, -0.1) is 11.3 Å². The number of aromatic nitrogens is 2. The van der Waals surface area contributed by atoms with E-state index in [-0.39, 0.29) is 0 Å². The van der Waals surface area contributed by atoms with E-state index < -0.39 is 0 Å². The summed E-state index contributed by atoms with van der Waals surface area (Å²) in [6.07, 6.45) is 4.00. The lowest BCUT2D eigenvalue weighted by molar-refractivity contribution is 1.02. The summed E-state index contributed by atoms with van der Waals surface area (Å²) in [5.74, 6) is 0.555. The highest BCUT2D eigenvalue weighted by Crippen LogP contribution is 2.28. The zero-order chi connectivity index (χ0) is 12.1. The first-order chi connectivity index (χ1) is 8.29. The van der Waals surface area contributed by atoms with Crippen molar-refractivity contribution in [2.45, 2.75) is 6.42 Å². The molecule has 0 aliphatic rings. The molecular weight excluding hydrogens is 300 g/mol. The molecule has 0 saturated carbocycles. The second-order valence-electron chi connectivity index (χ2n) is 3.26. The van der Waals surface area contributed by atoms with E-state index in [1.54, 1.807) is 23.7 Å². The van der Waals surface area contributed by atoms with E-state index in [0.717, 1.165) is 14.9 Å². The number of nitriles is 1. The van der Waals surface area contributed by atoms with Crippen LogP contribution in [0.5, 0.6) is 0 Å². The highest BCUT2D eigenvalue weighted by molar-refractivity contribution is 9.10. The zero-order valence-corrected chi connectivity index (χ0v) is 11.3. The predicted octanol–water partition coefficient (Wildman–Crippen LogP) is 3.29. The van der Waals surface area contributed by atoms with Gasteiger partial charge in [-0.1, -0.05) is 0 Å². The Balaban J connectivity index is 2.05. The first-order valence-corrected chi connectivity index (χ1v) is 6.64. The Bertz CT molecular complexity index is 529. The first-order valence-electron chi connectivity index (χ1n) is 4.97. The molecule has 0 fully saturated rings. The molecule has 1 N–H and O–H groups in total. The largest absolute Gasteiger partial charge is 0.353 e. The van der Waals surface area contributed by atoms with Gasteiger partial charge in [-0.3, -0.25) is 0 Å². The van der Waals surface area contributed by atoms with Crippen LogP contribution in [0.4, 0.5) is 5.95 Å². The molecule has 0 aliphatic heterocycles. The third kappa shape index (κ3) is 3.25. The quantitative estimate of drug-likeness (QED) is 0.880. The second kappa shape index (κ2) is 5.75. The fraction of sp³-hybridized carbons (Fsp3) is 0.182. The molecule has 0 saturated heterocycles. The molecule has 4 nitrogen and oxygen atoms in total. The van der Waals surface area contributed by atoms with Crippen LogP contribution in [0.1, 0.15) is 6.42 Å². The Morgan fingerprint density at radius 2 is 2.18 bits per heavy atom. The Hall–Kier alpha value is -1.45. The molecule has 0 atom stereocenters. The van der Waals surface area contributed by atoms with Crippen LogP contribution in [-0.2, 0) is 0 Å². The number of hydrogen-bond donors (Lipinski definition) is 1. The van der Waals surface area contributed by atoms with E-state index >= 15 is 0 Å². The standard InChI is InChI=1S/C11H9BrN4S/c12-9-4-10(17-7-9)8-5-15-11(16-6-8)14-3-1-2-13/h4-7H,1,3H2,(H,14,15,16). The number of anilines is 1. The molecule has 17 heavy (non-hydrogen) atoms. The number of nitrogens with zero attached hydrogens (tertiary/aromatic N) is 3. The number of hydrogen-bond acceptors (Lipinski definition) is 5. The smallest absolute Gasteiger partial charge is 0.222 e. The van der Waals surface area contributed by atoms with Crippen molar-refractivity contribution in [3.8, 4) is 16.5 Å². The van der Waals surface area contributed by atoms with Gasteiger partial charge in [0, 0.05) is 39.2 Å². The van der Waals surface area contributed by atoms with Gasteiger partial charge in [-0.25, -0.2) is 9.97 Å². The van der Waals surface area contributed by atoms with Crippen LogP contribution in [0.3, 0.4) is 0 Å². The third-order valence-electron chi connectivity index (χ3n) is 2.02. The van der Waals surface area contributed by atoms with E-state index in [4.69, 9.17) is 5.26 Å². The highest BCUT2D eigenvalue weighted by atomic mass is 79.9. The van der Waals surface area contributed by atoms with Gasteiger partial charge >= 0.3 is 0 Å². The summed E-state index contributed by atoms with van der Waals surface area (Å²) in [6.45, 7) is 0.570. The highest BCUT2D eigenvalue weighted by Gasteiger charge is 2.02. The molecule has 0 amide bonds. The molecule has 86 valence electrons. The van der Waals surface area contributed by atoms with Crippen molar-refractivity contribution in [3.05, 3.63) is 28.3 Å². The Labute approximate surface area is 111 Å². The van der Waals surface area contributed by atoms with Crippen molar-refractivity contribution >= 4 is 33.2 Å². The van der Waals surface area contributed by atoms with E-state index in [9.17, 15) is 0 Å². The fourth-order valence-corrected chi connectivity index (χ4v) is 2.65. The summed E-state index contributed by atoms with van der Waals surface area (Å²) < 4.78 is 1.06. The van der Waals surface area contributed by atoms with Gasteiger partial charge < -0.3 is 5.32 Å². The van der Waals surface area contributed by atoms with Crippen LogP contribution in [0.2, 0.25) is 0 Å². The van der Waals surface area contributed by atoms with Gasteiger partial charge in [0.25, 0.3) is 0 Å². The SMILES string of the molecule is N#CCCNc1ncc(-c2cc(Br)cs2)cn1. The molecule has 6 heteroatoms. The Morgan fingerprint density at radius 3 is 2.76 bits per heavy atom. The van der Waals surface area contributed by atoms with Crippen LogP contribution in [-0.4, -0.2) is 16.5 Å². The van der Waals surface area contributed by atoms with Gasteiger partial charge in [0.2, 0.25) is 5.95 Å². The maximum absolute atomic E-state index is 8.41. The van der Waals surface area contributed by atoms with Crippen LogP contribution in [0.25, 0.3) is 10.4 Å². The molecule has 2 aromatic rings. The average Bonchev–Trinajstić information content (AvgIpc) is 2.77. The number of thiophene rings is 1. The molecule has 2 aromatic heterocycles. The molecule has 2 heterocycles. The van der Waals surface area contributed by atoms with Gasteiger partial charge in [0.05, 0.1) is 12.5 Å². The normalized spacial score (nSPS) is 9.88. The Morgan fingerprint density at radius 1 is 1.41 bits per heavy atom. The lowest BCUT2D eigenvalue weighted by atomic mass is 10.3. The van der Waals surface area contributed by atoms with Crippen molar-refractivity contribution < 1.29 is 0 Å². The lowest BCUT2D eigenvalue weighted by Crippen LogP contribution is -2.04. The molecule has 0 aromatic carbocycles. The van der Waals surface area contributed by atoms with E-state index in [2.05, 4.69) is 37.3 Å². The van der Waals surface area contributed by atoms with Crippen LogP contribution in [0, 0.1) is 11.3 Å². The van der Waals surface area contributed by atoms with Crippen molar-refractivity contribution in [3.63, 3.8) is 0 Å². The van der Waals surface area contributed by atoms with Gasteiger partial charge in [-0.05, 0) is 22.0 Å². The summed E-state index contributed by atoms with van der Waals surface area (Å²) in [7, 11) is 0. The maximum Gasteiger partial charge on any atom is 0.222 e. The second-order valence-corrected chi connectivity index (χ2v) is 5.09. The maximum atomic E-state index is 8.41. The van der Waals surface area contributed by atoms with Gasteiger partial charge in [0.15, 0.2) is 0 Å². The van der Waals surface area contributed by atoms with Crippen LogP contribution >= 0.6 is 27.3 Å². The summed E-state index contributed by atoms with van der Waals surface area (Å²) >= 11 is 5.05. The zero-order valence-electron chi connectivity index (χ0n) is 8.85. The Kier molecular flexibility index (Phi) is 4.07. The number of nitrogens with one attached hydrogen (secondary N) is 1. The van der Waals surface area contributed by atoms with Crippen molar-refractivity contribution in [1.82, 2.24) is 9.97 Å². The minimum Gasteiger partial charge on any atom is -0.353 e. The average molecular weight is 309 g/mol. The minimum atomic E-state index is 0.447. The summed E-state index contributed by atoms with van der Waals surface area (Å²) in [6, 6.07) is 4.09. The molecule has 2 rings (SSSR count). The summed E-state index contributed by atoms with van der Waals surface area (Å²) in [5.41, 5.74) is 0.992. The van der Waals surface area contributed by atoms with E-state index in [1.165, 1.54) is 0 Å². The fourth-order valence-electron chi connectivity index (χ4n) is 1.24. The van der Waals surface area contributed by atoms with Gasteiger partial charge in [-0.2, -0.15) is 5.26 Å². The number of rotatable bonds is 4. The van der Waals surface area contributed by atoms with Crippen molar-refractivity contribution in [2.75, 3.05) is 11.9 Å². The van der Waals surface area contributed by atoms with E-state index in [0.29, 0.717) is 18.9 Å². The number of halogens is 1. The van der Waals surface area contributed by atoms with Crippen LogP contribution in [0.15, 0.2) is 28.3 Å². The topological polar surface area (TPSA) is 61.6 Å². The first kappa shape index (κ1) is 12.0. The van der Waals surface area contributed by atoms with Crippen molar-refractivity contribution in [2.24, 2.45) is 0 Å².